The van der Waals surface area contributed by atoms with Gasteiger partial charge < -0.3 is 15.4 Å². The number of nitrogen functional groups attached to an aromatic ring is 1. The molecule has 2 aromatic rings. The summed E-state index contributed by atoms with van der Waals surface area (Å²) in [6, 6.07) is 3.73. The smallest absolute Gasteiger partial charge is 0.215 e. The highest BCUT2D eigenvalue weighted by Crippen LogP contribution is 2.24. The maximum absolute atomic E-state index is 6.08. The van der Waals surface area contributed by atoms with E-state index in [0.717, 1.165) is 24.3 Å². The van der Waals surface area contributed by atoms with Gasteiger partial charge in [-0.25, -0.2) is 4.98 Å². The number of pyridine rings is 1. The van der Waals surface area contributed by atoms with Gasteiger partial charge >= 0.3 is 0 Å². The second-order valence-corrected chi connectivity index (χ2v) is 5.65. The van der Waals surface area contributed by atoms with Crippen molar-refractivity contribution in [3.05, 3.63) is 12.1 Å². The Morgan fingerprint density at radius 3 is 2.71 bits per heavy atom. The van der Waals surface area contributed by atoms with Crippen molar-refractivity contribution in [1.29, 1.82) is 0 Å². The van der Waals surface area contributed by atoms with Crippen LogP contribution in [0, 0.1) is 5.92 Å². The summed E-state index contributed by atoms with van der Waals surface area (Å²) in [5.74, 6) is 1.79. The molecule has 0 atom stereocenters. The number of anilines is 1. The van der Waals surface area contributed by atoms with Gasteiger partial charge in [0.05, 0.1) is 7.11 Å². The van der Waals surface area contributed by atoms with Crippen LogP contribution in [-0.2, 0) is 6.54 Å². The molecule has 0 unspecified atom stereocenters. The van der Waals surface area contributed by atoms with Crippen LogP contribution in [-0.4, -0.2) is 46.2 Å². The highest BCUT2D eigenvalue weighted by atomic mass is 16.5. The Bertz CT molecular complexity index is 616. The maximum Gasteiger partial charge on any atom is 0.215 e. The molecule has 0 spiro atoms. The minimum Gasteiger partial charge on any atom is -0.481 e. The molecule has 1 saturated heterocycles. The van der Waals surface area contributed by atoms with Crippen molar-refractivity contribution in [2.24, 2.45) is 5.92 Å². The SMILES string of the molecule is CCN1CCC(Cn2c(N)nc3ccc(OC)nc32)CC1. The Labute approximate surface area is 124 Å². The number of hydrogen-bond acceptors (Lipinski definition) is 5. The topological polar surface area (TPSA) is 69.2 Å². The van der Waals surface area contributed by atoms with E-state index in [9.17, 15) is 0 Å². The molecule has 6 heteroatoms. The van der Waals surface area contributed by atoms with E-state index >= 15 is 0 Å². The maximum atomic E-state index is 6.08. The van der Waals surface area contributed by atoms with Crippen LogP contribution < -0.4 is 10.5 Å². The van der Waals surface area contributed by atoms with Crippen LogP contribution in [0.1, 0.15) is 19.8 Å². The van der Waals surface area contributed by atoms with E-state index in [4.69, 9.17) is 10.5 Å². The second kappa shape index (κ2) is 5.89. The van der Waals surface area contributed by atoms with E-state index in [2.05, 4.69) is 21.8 Å². The van der Waals surface area contributed by atoms with Gasteiger partial charge in [-0.15, -0.1) is 0 Å². The molecule has 0 saturated carbocycles. The van der Waals surface area contributed by atoms with E-state index in [1.54, 1.807) is 7.11 Å². The first kappa shape index (κ1) is 14.1. The van der Waals surface area contributed by atoms with E-state index < -0.39 is 0 Å². The lowest BCUT2D eigenvalue weighted by Crippen LogP contribution is -2.34. The average Bonchev–Trinajstić information content (AvgIpc) is 2.83. The van der Waals surface area contributed by atoms with Crippen LogP contribution in [0.4, 0.5) is 5.95 Å². The number of methoxy groups -OCH3 is 1. The van der Waals surface area contributed by atoms with Crippen LogP contribution in [0.15, 0.2) is 12.1 Å². The van der Waals surface area contributed by atoms with Crippen molar-refractivity contribution in [2.75, 3.05) is 32.5 Å². The minimum absolute atomic E-state index is 0.545. The van der Waals surface area contributed by atoms with E-state index in [0.29, 0.717) is 17.7 Å². The predicted octanol–water partition coefficient (Wildman–Crippen LogP) is 1.75. The standard InChI is InChI=1S/C15H23N5O/c1-3-19-8-6-11(7-9-19)10-20-14-12(17-15(20)16)4-5-13(18-14)21-2/h4-5,11H,3,6-10H2,1-2H3,(H2,16,17). The van der Waals surface area contributed by atoms with Crippen molar-refractivity contribution in [3.8, 4) is 5.88 Å². The molecule has 1 fully saturated rings. The first-order valence-electron chi connectivity index (χ1n) is 7.60. The molecule has 0 bridgehead atoms. The van der Waals surface area contributed by atoms with E-state index in [1.807, 2.05) is 16.7 Å². The van der Waals surface area contributed by atoms with Crippen molar-refractivity contribution in [3.63, 3.8) is 0 Å². The fourth-order valence-electron chi connectivity index (χ4n) is 3.04. The van der Waals surface area contributed by atoms with Crippen LogP contribution in [0.5, 0.6) is 5.88 Å². The molecule has 21 heavy (non-hydrogen) atoms. The van der Waals surface area contributed by atoms with Crippen LogP contribution in [0.25, 0.3) is 11.2 Å². The number of imidazole rings is 1. The number of likely N-dealkylation sites (tertiary alicyclic amines) is 1. The molecule has 0 radical (unpaired) electrons. The molecule has 2 aromatic heterocycles. The highest BCUT2D eigenvalue weighted by Gasteiger charge is 2.21. The first-order chi connectivity index (χ1) is 10.2. The van der Waals surface area contributed by atoms with Crippen molar-refractivity contribution in [2.45, 2.75) is 26.3 Å². The van der Waals surface area contributed by atoms with Gasteiger partial charge in [0.2, 0.25) is 11.8 Å². The number of rotatable bonds is 4. The molecule has 1 aliphatic heterocycles. The lowest BCUT2D eigenvalue weighted by atomic mass is 9.97. The summed E-state index contributed by atoms with van der Waals surface area (Å²) >= 11 is 0. The van der Waals surface area contributed by atoms with E-state index in [1.165, 1.54) is 25.9 Å². The van der Waals surface area contributed by atoms with Crippen LogP contribution in [0.3, 0.4) is 0 Å². The fraction of sp³-hybridized carbons (Fsp3) is 0.600. The van der Waals surface area contributed by atoms with Crippen molar-refractivity contribution < 1.29 is 4.74 Å². The zero-order chi connectivity index (χ0) is 14.8. The number of piperidine rings is 1. The Kier molecular flexibility index (Phi) is 3.96. The zero-order valence-electron chi connectivity index (χ0n) is 12.7. The van der Waals surface area contributed by atoms with Gasteiger partial charge in [-0.2, -0.15) is 4.98 Å². The Hall–Kier alpha value is -1.82. The third-order valence-electron chi connectivity index (χ3n) is 4.40. The molecule has 6 nitrogen and oxygen atoms in total. The van der Waals surface area contributed by atoms with Crippen LogP contribution >= 0.6 is 0 Å². The van der Waals surface area contributed by atoms with Gasteiger partial charge in [-0.3, -0.25) is 4.57 Å². The number of aromatic nitrogens is 3. The third kappa shape index (κ3) is 2.81. The molecule has 1 aliphatic rings. The minimum atomic E-state index is 0.545. The lowest BCUT2D eigenvalue weighted by Gasteiger charge is -2.31. The Morgan fingerprint density at radius 2 is 2.05 bits per heavy atom. The van der Waals surface area contributed by atoms with Gasteiger partial charge in [0.25, 0.3) is 0 Å². The third-order valence-corrected chi connectivity index (χ3v) is 4.40. The molecule has 3 heterocycles. The van der Waals surface area contributed by atoms with Gasteiger partial charge in [0, 0.05) is 12.6 Å². The molecule has 0 aromatic carbocycles. The summed E-state index contributed by atoms with van der Waals surface area (Å²) in [4.78, 5) is 11.4. The quantitative estimate of drug-likeness (QED) is 0.928. The number of fused-ring (bicyclic) bond motifs is 1. The van der Waals surface area contributed by atoms with Gasteiger partial charge in [0.15, 0.2) is 5.65 Å². The summed E-state index contributed by atoms with van der Waals surface area (Å²) in [6.07, 6.45) is 2.41. The molecular weight excluding hydrogens is 266 g/mol. The molecule has 114 valence electrons. The number of nitrogens with zero attached hydrogens (tertiary/aromatic N) is 4. The number of ether oxygens (including phenoxy) is 1. The molecule has 0 aliphatic carbocycles. The molecule has 0 amide bonds. The first-order valence-corrected chi connectivity index (χ1v) is 7.60. The van der Waals surface area contributed by atoms with E-state index in [-0.39, 0.29) is 0 Å². The predicted molar refractivity (Wildman–Crippen MR) is 83.3 cm³/mol. The summed E-state index contributed by atoms with van der Waals surface area (Å²) in [5, 5.41) is 0. The second-order valence-electron chi connectivity index (χ2n) is 5.65. The van der Waals surface area contributed by atoms with Gasteiger partial charge in [-0.1, -0.05) is 6.92 Å². The average molecular weight is 289 g/mol. The fourth-order valence-corrected chi connectivity index (χ4v) is 3.04. The van der Waals surface area contributed by atoms with Gasteiger partial charge in [0.1, 0.15) is 5.52 Å². The highest BCUT2D eigenvalue weighted by molar-refractivity contribution is 5.74. The largest absolute Gasteiger partial charge is 0.481 e. The monoisotopic (exact) mass is 289 g/mol. The summed E-state index contributed by atoms with van der Waals surface area (Å²) in [7, 11) is 1.62. The number of nitrogens with two attached hydrogens (primary N) is 1. The normalized spacial score (nSPS) is 17.4. The summed E-state index contributed by atoms with van der Waals surface area (Å²) in [6.45, 7) is 6.59. The van der Waals surface area contributed by atoms with Crippen molar-refractivity contribution >= 4 is 17.1 Å². The lowest BCUT2D eigenvalue weighted by molar-refractivity contribution is 0.182. The summed E-state index contributed by atoms with van der Waals surface area (Å²) < 4.78 is 7.24. The van der Waals surface area contributed by atoms with Crippen LogP contribution in [0.2, 0.25) is 0 Å². The Morgan fingerprint density at radius 1 is 1.29 bits per heavy atom. The van der Waals surface area contributed by atoms with Crippen molar-refractivity contribution in [1.82, 2.24) is 19.4 Å². The van der Waals surface area contributed by atoms with Gasteiger partial charge in [-0.05, 0) is 44.5 Å². The zero-order valence-corrected chi connectivity index (χ0v) is 12.7. The molecule has 3 rings (SSSR count). The number of hydrogen-bond donors (Lipinski definition) is 1. The summed E-state index contributed by atoms with van der Waals surface area (Å²) in [5.41, 5.74) is 7.73. The molecular formula is C15H23N5O. The Balaban J connectivity index is 1.81. The molecule has 2 N–H and O–H groups in total.